The molecule has 0 spiro atoms. The van der Waals surface area contributed by atoms with Crippen molar-refractivity contribution in [3.8, 4) is 6.07 Å². The van der Waals surface area contributed by atoms with Crippen molar-refractivity contribution in [1.29, 1.82) is 5.26 Å². The summed E-state index contributed by atoms with van der Waals surface area (Å²) in [7, 11) is 0. The second kappa shape index (κ2) is 5.65. The van der Waals surface area contributed by atoms with Crippen molar-refractivity contribution in [2.24, 2.45) is 11.3 Å². The molecule has 92 valence electrons. The second-order valence-electron chi connectivity index (χ2n) is 5.67. The maximum absolute atomic E-state index is 9.50. The zero-order valence-corrected chi connectivity index (χ0v) is 10.7. The third kappa shape index (κ3) is 4.11. The lowest BCUT2D eigenvalue weighted by molar-refractivity contribution is 0.0692. The number of hydrogen-bond acceptors (Lipinski definition) is 3. The van der Waals surface area contributed by atoms with E-state index >= 15 is 0 Å². The Labute approximate surface area is 99.1 Å². The van der Waals surface area contributed by atoms with E-state index in [2.05, 4.69) is 11.0 Å². The maximum Gasteiger partial charge on any atom is 0.0684 e. The van der Waals surface area contributed by atoms with E-state index in [-0.39, 0.29) is 11.5 Å². The summed E-state index contributed by atoms with van der Waals surface area (Å²) in [5, 5.41) is 18.4. The Balaban J connectivity index is 2.26. The van der Waals surface area contributed by atoms with Crippen LogP contribution in [0.3, 0.4) is 0 Å². The van der Waals surface area contributed by atoms with Crippen LogP contribution in [0.5, 0.6) is 0 Å². The third-order valence-corrected chi connectivity index (χ3v) is 3.67. The van der Waals surface area contributed by atoms with E-state index in [1.165, 1.54) is 0 Å². The van der Waals surface area contributed by atoms with Crippen molar-refractivity contribution in [2.45, 2.75) is 46.1 Å². The SMILES string of the molecule is CC(O)C1CCN(CCC(C)(C)C#N)CC1. The number of rotatable bonds is 4. The first-order valence-corrected chi connectivity index (χ1v) is 6.26. The van der Waals surface area contributed by atoms with Crippen LogP contribution < -0.4 is 0 Å². The summed E-state index contributed by atoms with van der Waals surface area (Å²) in [6.07, 6.45) is 2.94. The second-order valence-corrected chi connectivity index (χ2v) is 5.67. The third-order valence-electron chi connectivity index (χ3n) is 3.67. The molecule has 1 rings (SSSR count). The minimum atomic E-state index is -0.207. The molecule has 1 N–H and O–H groups in total. The fourth-order valence-corrected chi connectivity index (χ4v) is 2.15. The van der Waals surface area contributed by atoms with Crippen molar-refractivity contribution in [2.75, 3.05) is 19.6 Å². The molecule has 0 radical (unpaired) electrons. The summed E-state index contributed by atoms with van der Waals surface area (Å²) in [4.78, 5) is 2.41. The summed E-state index contributed by atoms with van der Waals surface area (Å²) in [6, 6.07) is 2.34. The number of aliphatic hydroxyl groups is 1. The van der Waals surface area contributed by atoms with Crippen molar-refractivity contribution in [3.05, 3.63) is 0 Å². The van der Waals surface area contributed by atoms with Crippen molar-refractivity contribution in [1.82, 2.24) is 4.90 Å². The normalized spacial score (nSPS) is 21.7. The Kier molecular flexibility index (Phi) is 4.76. The molecule has 1 atom stereocenters. The highest BCUT2D eigenvalue weighted by molar-refractivity contribution is 4.92. The van der Waals surface area contributed by atoms with E-state index < -0.39 is 0 Å². The lowest BCUT2D eigenvalue weighted by Gasteiger charge is -2.34. The first-order chi connectivity index (χ1) is 7.44. The number of nitriles is 1. The summed E-state index contributed by atoms with van der Waals surface area (Å²) in [5.74, 6) is 0.472. The molecule has 1 heterocycles. The van der Waals surface area contributed by atoms with Crippen molar-refractivity contribution in [3.63, 3.8) is 0 Å². The van der Waals surface area contributed by atoms with Gasteiger partial charge in [0.1, 0.15) is 0 Å². The van der Waals surface area contributed by atoms with Crippen LogP contribution in [0.1, 0.15) is 40.0 Å². The van der Waals surface area contributed by atoms with Gasteiger partial charge in [-0.05, 0) is 65.6 Å². The highest BCUT2D eigenvalue weighted by Gasteiger charge is 2.24. The Bertz CT molecular complexity index is 247. The summed E-state index contributed by atoms with van der Waals surface area (Å²) < 4.78 is 0. The van der Waals surface area contributed by atoms with Gasteiger partial charge in [0.25, 0.3) is 0 Å². The maximum atomic E-state index is 9.50. The number of likely N-dealkylation sites (tertiary alicyclic amines) is 1. The molecule has 0 saturated carbocycles. The van der Waals surface area contributed by atoms with Crippen LogP contribution in [0, 0.1) is 22.7 Å². The lowest BCUT2D eigenvalue weighted by Crippen LogP contribution is -2.38. The molecule has 3 nitrogen and oxygen atoms in total. The predicted molar refractivity (Wildman–Crippen MR) is 64.9 cm³/mol. The number of aliphatic hydroxyl groups excluding tert-OH is 1. The van der Waals surface area contributed by atoms with Crippen LogP contribution in [0.25, 0.3) is 0 Å². The highest BCUT2D eigenvalue weighted by atomic mass is 16.3. The van der Waals surface area contributed by atoms with Crippen LogP contribution >= 0.6 is 0 Å². The molecule has 0 bridgehead atoms. The molecule has 1 aliphatic rings. The topological polar surface area (TPSA) is 47.3 Å². The van der Waals surface area contributed by atoms with E-state index in [0.717, 1.165) is 38.9 Å². The Morgan fingerprint density at radius 3 is 2.44 bits per heavy atom. The molecule has 0 amide bonds. The molecule has 1 fully saturated rings. The van der Waals surface area contributed by atoms with E-state index in [1.54, 1.807) is 0 Å². The van der Waals surface area contributed by atoms with Gasteiger partial charge in [0.15, 0.2) is 0 Å². The molecule has 1 aliphatic heterocycles. The van der Waals surface area contributed by atoms with Crippen LogP contribution in [0.15, 0.2) is 0 Å². The van der Waals surface area contributed by atoms with Gasteiger partial charge >= 0.3 is 0 Å². The predicted octanol–water partition coefficient (Wildman–Crippen LogP) is 2.02. The first-order valence-electron chi connectivity index (χ1n) is 6.26. The molecule has 1 unspecified atom stereocenters. The van der Waals surface area contributed by atoms with Gasteiger partial charge in [0, 0.05) is 0 Å². The summed E-state index contributed by atoms with van der Waals surface area (Å²) in [6.45, 7) is 9.02. The lowest BCUT2D eigenvalue weighted by atomic mass is 9.89. The fraction of sp³-hybridized carbons (Fsp3) is 0.923. The van der Waals surface area contributed by atoms with E-state index in [0.29, 0.717) is 5.92 Å². The molecule has 1 saturated heterocycles. The van der Waals surface area contributed by atoms with Gasteiger partial charge < -0.3 is 10.0 Å². The summed E-state index contributed by atoms with van der Waals surface area (Å²) in [5.41, 5.74) is -0.207. The highest BCUT2D eigenvalue weighted by Crippen LogP contribution is 2.23. The van der Waals surface area contributed by atoms with Gasteiger partial charge in [-0.25, -0.2) is 0 Å². The number of nitrogens with zero attached hydrogens (tertiary/aromatic N) is 2. The molecule has 0 aromatic carbocycles. The van der Waals surface area contributed by atoms with Gasteiger partial charge in [0.2, 0.25) is 0 Å². The van der Waals surface area contributed by atoms with Crippen LogP contribution in [-0.4, -0.2) is 35.7 Å². The molecule has 16 heavy (non-hydrogen) atoms. The van der Waals surface area contributed by atoms with Crippen LogP contribution in [-0.2, 0) is 0 Å². The van der Waals surface area contributed by atoms with Gasteiger partial charge in [-0.3, -0.25) is 0 Å². The van der Waals surface area contributed by atoms with Gasteiger partial charge in [-0.15, -0.1) is 0 Å². The van der Waals surface area contributed by atoms with Gasteiger partial charge in [-0.1, -0.05) is 0 Å². The van der Waals surface area contributed by atoms with E-state index in [1.807, 2.05) is 20.8 Å². The molecule has 3 heteroatoms. The molecular weight excluding hydrogens is 200 g/mol. The quantitative estimate of drug-likeness (QED) is 0.794. The molecular formula is C13H24N2O. The zero-order valence-electron chi connectivity index (χ0n) is 10.7. The van der Waals surface area contributed by atoms with Gasteiger partial charge in [0.05, 0.1) is 17.6 Å². The van der Waals surface area contributed by atoms with Crippen molar-refractivity contribution >= 4 is 0 Å². The Morgan fingerprint density at radius 2 is 2.00 bits per heavy atom. The van der Waals surface area contributed by atoms with E-state index in [4.69, 9.17) is 5.26 Å². The standard InChI is InChI=1S/C13H24N2O/c1-11(16)12-4-7-15(8-5-12)9-6-13(2,3)10-14/h11-12,16H,4-9H2,1-3H3. The smallest absolute Gasteiger partial charge is 0.0684 e. The molecule has 0 aliphatic carbocycles. The van der Waals surface area contributed by atoms with Gasteiger partial charge in [-0.2, -0.15) is 5.26 Å². The zero-order chi connectivity index (χ0) is 12.2. The fourth-order valence-electron chi connectivity index (χ4n) is 2.15. The first kappa shape index (κ1) is 13.5. The largest absolute Gasteiger partial charge is 0.393 e. The Morgan fingerprint density at radius 1 is 1.44 bits per heavy atom. The minimum Gasteiger partial charge on any atom is -0.393 e. The average molecular weight is 224 g/mol. The minimum absolute atomic E-state index is 0.169. The molecule has 0 aromatic heterocycles. The summed E-state index contributed by atoms with van der Waals surface area (Å²) >= 11 is 0. The molecule has 0 aromatic rings. The van der Waals surface area contributed by atoms with E-state index in [9.17, 15) is 5.11 Å². The number of piperidine rings is 1. The average Bonchev–Trinajstić information content (AvgIpc) is 2.27. The van der Waals surface area contributed by atoms with Crippen LogP contribution in [0.4, 0.5) is 0 Å². The Hall–Kier alpha value is -0.590. The number of hydrogen-bond donors (Lipinski definition) is 1. The monoisotopic (exact) mass is 224 g/mol. The van der Waals surface area contributed by atoms with Crippen LogP contribution in [0.2, 0.25) is 0 Å². The van der Waals surface area contributed by atoms with Crippen molar-refractivity contribution < 1.29 is 5.11 Å².